The fourth-order valence-corrected chi connectivity index (χ4v) is 5.27. The lowest BCUT2D eigenvalue weighted by atomic mass is 10.0. The van der Waals surface area contributed by atoms with Crippen LogP contribution in [0.4, 0.5) is 0 Å². The Bertz CT molecular complexity index is 1470. The lowest BCUT2D eigenvalue weighted by Gasteiger charge is -2.29. The zero-order valence-corrected chi connectivity index (χ0v) is 32.1. The van der Waals surface area contributed by atoms with Crippen LogP contribution in [0.2, 0.25) is 0 Å². The summed E-state index contributed by atoms with van der Waals surface area (Å²) >= 11 is 0. The number of aliphatic hydroxyl groups excluding tert-OH is 4. The summed E-state index contributed by atoms with van der Waals surface area (Å²) in [6.45, 7) is 0.824. The lowest BCUT2D eigenvalue weighted by Crippen LogP contribution is -2.63. The maximum atomic E-state index is 13.5. The summed E-state index contributed by atoms with van der Waals surface area (Å²) in [5, 5.41) is 72.2. The van der Waals surface area contributed by atoms with E-state index in [1.165, 1.54) is 19.1 Å². The molecule has 1 aromatic carbocycles. The largest absolute Gasteiger partial charge is 0.508 e. The van der Waals surface area contributed by atoms with Crippen LogP contribution < -0.4 is 49.1 Å². The van der Waals surface area contributed by atoms with Crippen LogP contribution in [0, 0.1) is 0 Å². The highest BCUT2D eigenvalue weighted by atomic mass is 16.4. The summed E-state index contributed by atoms with van der Waals surface area (Å²) in [5.74, 6) is -7.55. The fourth-order valence-electron chi connectivity index (χ4n) is 5.27. The number of aliphatic carboxylic acids is 1. The Morgan fingerprint density at radius 1 is 0.579 bits per heavy atom. The van der Waals surface area contributed by atoms with Crippen molar-refractivity contribution >= 4 is 41.4 Å². The average molecular weight is 814 g/mol. The van der Waals surface area contributed by atoms with Crippen molar-refractivity contribution in [2.45, 2.75) is 113 Å². The Balaban J connectivity index is 3.17. The molecule has 0 fully saturated rings. The number of nitrogens with two attached hydrogens (primary N) is 3. The van der Waals surface area contributed by atoms with Crippen LogP contribution in [0.5, 0.6) is 5.75 Å². The molecular formula is C35H59N9O13. The van der Waals surface area contributed by atoms with Gasteiger partial charge in [0.1, 0.15) is 42.0 Å². The highest BCUT2D eigenvalue weighted by Crippen LogP contribution is 2.12. The molecule has 0 aliphatic rings. The SMILES string of the molecule is C[C@@H](O)[C@H](NC(=O)[C@H](CCCCN)NC(=O)[C@@H](N)Cc1ccc(O)cc1)C(=O)N[C@H](C(=O)N[C@@H](CCCCN)C(=O)N[C@@H](CO)C(=O)N[C@@H](CO)C(=O)O)[C@@H](C)O. The Morgan fingerprint density at radius 3 is 1.40 bits per heavy atom. The summed E-state index contributed by atoms with van der Waals surface area (Å²) in [5.41, 5.74) is 17.9. The second-order valence-electron chi connectivity index (χ2n) is 13.4. The van der Waals surface area contributed by atoms with Crippen LogP contribution in [0.1, 0.15) is 57.9 Å². The molecule has 1 aromatic rings. The lowest BCUT2D eigenvalue weighted by molar-refractivity contribution is -0.143. The predicted molar refractivity (Wildman–Crippen MR) is 202 cm³/mol. The number of carbonyl (C=O) groups excluding carboxylic acids is 6. The van der Waals surface area contributed by atoms with Crippen molar-refractivity contribution in [3.63, 3.8) is 0 Å². The number of phenols is 1. The molecule has 22 nitrogen and oxygen atoms in total. The van der Waals surface area contributed by atoms with E-state index in [9.17, 15) is 59.1 Å². The molecule has 0 aliphatic carbocycles. The molecule has 6 amide bonds. The number of hydrogen-bond acceptors (Lipinski definition) is 15. The second kappa shape index (κ2) is 26.0. The van der Waals surface area contributed by atoms with Crippen molar-refractivity contribution < 1.29 is 64.2 Å². The standard InChI is InChI=1S/C35H59N9O13/c1-18(47)27(33(54)40-23(7-3-5-13-36)30(51)41-25(16-45)32(53)42-26(17-46)35(56)57)44-34(55)28(19(2)48)43-31(52)24(8-4-6-14-37)39-29(50)22(38)15-20-9-11-21(49)12-10-20/h9-12,18-19,22-28,45-49H,3-8,13-17,36-38H2,1-2H3,(H,39,50)(H,40,54)(H,41,51)(H,42,53)(H,43,52)(H,44,55)(H,56,57)/t18-,19-,22+,23+,24+,25+,26+,27+,28+/m1/s1. The number of aliphatic hydroxyl groups is 4. The van der Waals surface area contributed by atoms with Gasteiger partial charge >= 0.3 is 5.97 Å². The monoisotopic (exact) mass is 813 g/mol. The number of unbranched alkanes of at least 4 members (excludes halogenated alkanes) is 2. The molecule has 1 rings (SSSR count). The first-order valence-electron chi connectivity index (χ1n) is 18.5. The van der Waals surface area contributed by atoms with Crippen LogP contribution >= 0.6 is 0 Å². The Kier molecular flexibility index (Phi) is 22.9. The van der Waals surface area contributed by atoms with Crippen molar-refractivity contribution in [3.8, 4) is 5.75 Å². The smallest absolute Gasteiger partial charge is 0.328 e. The Hall–Kier alpha value is -4.97. The number of benzene rings is 1. The molecule has 0 spiro atoms. The molecule has 0 bridgehead atoms. The van der Waals surface area contributed by atoms with Gasteiger partial charge in [-0.2, -0.15) is 0 Å². The van der Waals surface area contributed by atoms with Gasteiger partial charge in [0.25, 0.3) is 0 Å². The first kappa shape index (κ1) is 50.0. The van der Waals surface area contributed by atoms with E-state index in [4.69, 9.17) is 22.3 Å². The van der Waals surface area contributed by atoms with Gasteiger partial charge in [-0.3, -0.25) is 28.8 Å². The molecule has 0 unspecified atom stereocenters. The van der Waals surface area contributed by atoms with Gasteiger partial charge in [-0.05, 0) is 89.6 Å². The van der Waals surface area contributed by atoms with Gasteiger partial charge in [-0.15, -0.1) is 0 Å². The maximum Gasteiger partial charge on any atom is 0.328 e. The minimum absolute atomic E-state index is 0.0195. The van der Waals surface area contributed by atoms with Crippen LogP contribution in [-0.4, -0.2) is 153 Å². The van der Waals surface area contributed by atoms with E-state index in [1.54, 1.807) is 12.1 Å². The third-order valence-electron chi connectivity index (χ3n) is 8.63. The number of phenolic OH excluding ortho intramolecular Hbond substituents is 1. The van der Waals surface area contributed by atoms with Crippen LogP contribution in [-0.2, 0) is 40.0 Å². The number of carboxylic acids is 1. The van der Waals surface area contributed by atoms with E-state index in [-0.39, 0.29) is 44.5 Å². The molecule has 0 radical (unpaired) electrons. The van der Waals surface area contributed by atoms with Crippen LogP contribution in [0.15, 0.2) is 24.3 Å². The quantitative estimate of drug-likeness (QED) is 0.0368. The average Bonchev–Trinajstić information content (AvgIpc) is 3.16. The number of rotatable bonds is 27. The summed E-state index contributed by atoms with van der Waals surface area (Å²) < 4.78 is 0. The zero-order valence-electron chi connectivity index (χ0n) is 32.1. The van der Waals surface area contributed by atoms with E-state index in [1.807, 2.05) is 5.32 Å². The predicted octanol–water partition coefficient (Wildman–Crippen LogP) is -5.74. The van der Waals surface area contributed by atoms with E-state index in [2.05, 4.69) is 26.6 Å². The van der Waals surface area contributed by atoms with Gasteiger partial charge in [0.15, 0.2) is 0 Å². The molecule has 18 N–H and O–H groups in total. The van der Waals surface area contributed by atoms with Gasteiger partial charge in [0, 0.05) is 0 Å². The molecule has 0 aromatic heterocycles. The van der Waals surface area contributed by atoms with Crippen LogP contribution in [0.3, 0.4) is 0 Å². The van der Waals surface area contributed by atoms with Crippen LogP contribution in [0.25, 0.3) is 0 Å². The maximum absolute atomic E-state index is 13.5. The van der Waals surface area contributed by atoms with E-state index in [0.717, 1.165) is 6.92 Å². The summed E-state index contributed by atoms with van der Waals surface area (Å²) in [6, 6.07) is -4.75. The third kappa shape index (κ3) is 17.8. The summed E-state index contributed by atoms with van der Waals surface area (Å²) in [4.78, 5) is 90.5. The number of hydrogen-bond donors (Lipinski definition) is 15. The molecule has 0 heterocycles. The molecule has 0 saturated carbocycles. The highest BCUT2D eigenvalue weighted by molar-refractivity contribution is 5.97. The first-order valence-corrected chi connectivity index (χ1v) is 18.5. The fraction of sp³-hybridized carbons (Fsp3) is 0.629. The summed E-state index contributed by atoms with van der Waals surface area (Å²) in [7, 11) is 0. The van der Waals surface area contributed by atoms with Gasteiger partial charge in [-0.25, -0.2) is 4.79 Å². The van der Waals surface area contributed by atoms with Gasteiger partial charge in [-0.1, -0.05) is 12.1 Å². The topological polar surface area (TPSA) is 391 Å². The van der Waals surface area contributed by atoms with E-state index < -0.39 is 109 Å². The number of amides is 6. The zero-order chi connectivity index (χ0) is 43.2. The molecular weight excluding hydrogens is 754 g/mol. The highest BCUT2D eigenvalue weighted by Gasteiger charge is 2.36. The van der Waals surface area contributed by atoms with E-state index >= 15 is 0 Å². The molecule has 0 saturated heterocycles. The minimum atomic E-state index is -1.78. The normalized spacial score (nSPS) is 15.9. The third-order valence-corrected chi connectivity index (χ3v) is 8.63. The van der Waals surface area contributed by atoms with Gasteiger partial charge in [0.2, 0.25) is 35.4 Å². The number of nitrogens with one attached hydrogen (secondary N) is 6. The Morgan fingerprint density at radius 2 is 0.965 bits per heavy atom. The number of carbonyl (C=O) groups is 7. The van der Waals surface area contributed by atoms with Crippen molar-refractivity contribution in [2.24, 2.45) is 17.2 Å². The summed E-state index contributed by atoms with van der Waals surface area (Å²) in [6.07, 6.45) is -1.61. The molecule has 322 valence electrons. The molecule has 9 atom stereocenters. The number of aromatic hydroxyl groups is 1. The Labute approximate surface area is 329 Å². The van der Waals surface area contributed by atoms with E-state index in [0.29, 0.717) is 24.8 Å². The molecule has 0 aliphatic heterocycles. The van der Waals surface area contributed by atoms with Gasteiger partial charge < -0.3 is 79.7 Å². The van der Waals surface area contributed by atoms with Crippen molar-refractivity contribution in [2.75, 3.05) is 26.3 Å². The van der Waals surface area contributed by atoms with Crippen molar-refractivity contribution in [1.82, 2.24) is 31.9 Å². The minimum Gasteiger partial charge on any atom is -0.508 e. The second-order valence-corrected chi connectivity index (χ2v) is 13.4. The number of carboxylic acid groups (broad SMARTS) is 1. The van der Waals surface area contributed by atoms with Crippen molar-refractivity contribution in [3.05, 3.63) is 29.8 Å². The first-order chi connectivity index (χ1) is 26.9. The molecule has 22 heteroatoms. The van der Waals surface area contributed by atoms with Gasteiger partial charge in [0.05, 0.1) is 31.5 Å². The molecule has 57 heavy (non-hydrogen) atoms. The van der Waals surface area contributed by atoms with Crippen molar-refractivity contribution in [1.29, 1.82) is 0 Å².